The quantitative estimate of drug-likeness (QED) is 0.802. The minimum atomic E-state index is -0.0165. The lowest BCUT2D eigenvalue weighted by molar-refractivity contribution is 0.0815. The number of carbonyl (C=O) groups is 1. The maximum absolute atomic E-state index is 12.3. The summed E-state index contributed by atoms with van der Waals surface area (Å²) in [6, 6.07) is 2.03. The van der Waals surface area contributed by atoms with E-state index < -0.39 is 0 Å². The highest BCUT2D eigenvalue weighted by molar-refractivity contribution is 7.20. The number of carbonyl (C=O) groups excluding carboxylic acids is 1. The van der Waals surface area contributed by atoms with Crippen LogP contribution < -0.4 is 0 Å². The average molecular weight is 336 g/mol. The Morgan fingerprint density at radius 1 is 1.35 bits per heavy atom. The van der Waals surface area contributed by atoms with Crippen molar-refractivity contribution in [3.63, 3.8) is 0 Å². The lowest BCUT2D eigenvalue weighted by atomic mass is 9.94. The van der Waals surface area contributed by atoms with E-state index in [1.165, 1.54) is 30.6 Å². The summed E-state index contributed by atoms with van der Waals surface area (Å²) in [6.07, 6.45) is 5.87. The number of hydrogen-bond donors (Lipinski definition) is 1. The number of halogens is 2. The van der Waals surface area contributed by atoms with Crippen molar-refractivity contribution in [2.75, 3.05) is 19.7 Å². The van der Waals surface area contributed by atoms with Gasteiger partial charge in [-0.3, -0.25) is 9.69 Å². The molecule has 3 nitrogen and oxygen atoms in total. The number of hydrogen-bond acceptors (Lipinski definition) is 4. The van der Waals surface area contributed by atoms with Crippen LogP contribution in [0.4, 0.5) is 0 Å². The normalized spacial score (nSPS) is 16.8. The molecule has 20 heavy (non-hydrogen) atoms. The first-order chi connectivity index (χ1) is 9.61. The van der Waals surface area contributed by atoms with Crippen LogP contribution in [-0.2, 0) is 0 Å². The van der Waals surface area contributed by atoms with Crippen molar-refractivity contribution in [1.29, 1.82) is 0 Å². The van der Waals surface area contributed by atoms with Gasteiger partial charge in [-0.1, -0.05) is 42.5 Å². The molecule has 2 rings (SSSR count). The smallest absolute Gasteiger partial charge is 0.179 e. The highest BCUT2D eigenvalue weighted by Gasteiger charge is 2.24. The number of ketones is 1. The second-order valence-electron chi connectivity index (χ2n) is 5.15. The molecule has 1 aromatic rings. The molecule has 0 saturated heterocycles. The largest absolute Gasteiger partial charge is 0.395 e. The second kappa shape index (κ2) is 7.76. The predicted octanol–water partition coefficient (Wildman–Crippen LogP) is 3.86. The first-order valence-electron chi connectivity index (χ1n) is 6.94. The molecular formula is C14H19Cl2NO2S. The molecule has 0 atom stereocenters. The van der Waals surface area contributed by atoms with Crippen LogP contribution >= 0.6 is 34.5 Å². The van der Waals surface area contributed by atoms with Gasteiger partial charge in [-0.2, -0.15) is 0 Å². The van der Waals surface area contributed by atoms with Crippen molar-refractivity contribution in [1.82, 2.24) is 4.90 Å². The molecule has 0 aliphatic heterocycles. The molecule has 1 aliphatic carbocycles. The average Bonchev–Trinajstić information content (AvgIpc) is 2.78. The minimum absolute atomic E-state index is 0.0165. The second-order valence-corrected chi connectivity index (χ2v) is 7.43. The van der Waals surface area contributed by atoms with E-state index in [1.54, 1.807) is 6.07 Å². The highest BCUT2D eigenvalue weighted by atomic mass is 35.5. The van der Waals surface area contributed by atoms with Crippen molar-refractivity contribution in [2.24, 2.45) is 0 Å². The summed E-state index contributed by atoms with van der Waals surface area (Å²) in [4.78, 5) is 14.4. The molecule has 1 aliphatic rings. The number of rotatable bonds is 6. The molecule has 1 heterocycles. The van der Waals surface area contributed by atoms with Crippen molar-refractivity contribution < 1.29 is 9.90 Å². The van der Waals surface area contributed by atoms with Crippen LogP contribution in [0, 0.1) is 0 Å². The Hall–Kier alpha value is -0.130. The van der Waals surface area contributed by atoms with Crippen molar-refractivity contribution in [3.05, 3.63) is 20.3 Å². The monoisotopic (exact) mass is 335 g/mol. The lowest BCUT2D eigenvalue weighted by Gasteiger charge is -2.33. The summed E-state index contributed by atoms with van der Waals surface area (Å²) in [5, 5.41) is 9.21. The molecule has 0 radical (unpaired) electrons. The third-order valence-electron chi connectivity index (χ3n) is 3.78. The molecule has 1 aromatic heterocycles. The van der Waals surface area contributed by atoms with Crippen molar-refractivity contribution in [2.45, 2.75) is 38.1 Å². The van der Waals surface area contributed by atoms with E-state index in [1.807, 2.05) is 0 Å². The molecule has 0 amide bonds. The van der Waals surface area contributed by atoms with E-state index in [4.69, 9.17) is 23.2 Å². The van der Waals surface area contributed by atoms with Crippen LogP contribution in [-0.4, -0.2) is 41.5 Å². The van der Waals surface area contributed by atoms with Gasteiger partial charge in [0.15, 0.2) is 5.78 Å². The van der Waals surface area contributed by atoms with Gasteiger partial charge >= 0.3 is 0 Å². The molecule has 0 spiro atoms. The van der Waals surface area contributed by atoms with Gasteiger partial charge in [0.25, 0.3) is 0 Å². The first kappa shape index (κ1) is 16.2. The highest BCUT2D eigenvalue weighted by Crippen LogP contribution is 2.32. The number of Topliss-reactive ketones (excluding diaryl/α,β-unsaturated/α-hetero) is 1. The zero-order chi connectivity index (χ0) is 14.5. The van der Waals surface area contributed by atoms with E-state index in [2.05, 4.69) is 4.90 Å². The topological polar surface area (TPSA) is 40.5 Å². The molecule has 0 unspecified atom stereocenters. The van der Waals surface area contributed by atoms with Crippen LogP contribution in [0.1, 0.15) is 42.5 Å². The summed E-state index contributed by atoms with van der Waals surface area (Å²) >= 11 is 13.1. The Labute approximate surface area is 133 Å². The van der Waals surface area contributed by atoms with Gasteiger partial charge in [-0.25, -0.2) is 0 Å². The van der Waals surface area contributed by atoms with Crippen molar-refractivity contribution in [3.8, 4) is 0 Å². The number of aliphatic hydroxyl groups is 1. The predicted molar refractivity (Wildman–Crippen MR) is 84.2 cm³/mol. The molecule has 1 fully saturated rings. The first-order valence-corrected chi connectivity index (χ1v) is 8.52. The van der Waals surface area contributed by atoms with Gasteiger partial charge in [0, 0.05) is 12.6 Å². The Bertz CT molecular complexity index is 458. The summed E-state index contributed by atoms with van der Waals surface area (Å²) in [5.41, 5.74) is 0.500. The van der Waals surface area contributed by atoms with E-state index in [9.17, 15) is 9.90 Å². The van der Waals surface area contributed by atoms with Gasteiger partial charge in [0.2, 0.25) is 0 Å². The van der Waals surface area contributed by atoms with Gasteiger partial charge in [0.1, 0.15) is 4.34 Å². The molecule has 0 aromatic carbocycles. The van der Waals surface area contributed by atoms with Crippen LogP contribution in [0.3, 0.4) is 0 Å². The SMILES string of the molecule is O=C(CN(CCO)C1CCCCC1)c1cc(Cl)sc1Cl. The maximum Gasteiger partial charge on any atom is 0.179 e. The summed E-state index contributed by atoms with van der Waals surface area (Å²) in [5.74, 6) is -0.0165. The van der Waals surface area contributed by atoms with Crippen LogP contribution in [0.15, 0.2) is 6.07 Å². The van der Waals surface area contributed by atoms with E-state index in [-0.39, 0.29) is 12.4 Å². The number of nitrogens with zero attached hydrogens (tertiary/aromatic N) is 1. The maximum atomic E-state index is 12.3. The van der Waals surface area contributed by atoms with E-state index in [0.29, 0.717) is 33.4 Å². The Kier molecular flexibility index (Phi) is 6.30. The summed E-state index contributed by atoms with van der Waals surface area (Å²) < 4.78 is 0.984. The zero-order valence-corrected chi connectivity index (χ0v) is 13.6. The Balaban J connectivity index is 2.03. The molecule has 112 valence electrons. The molecule has 1 N–H and O–H groups in total. The number of thiophene rings is 1. The zero-order valence-electron chi connectivity index (χ0n) is 11.3. The fraction of sp³-hybridized carbons (Fsp3) is 0.643. The molecule has 6 heteroatoms. The van der Waals surface area contributed by atoms with E-state index in [0.717, 1.165) is 12.8 Å². The molecular weight excluding hydrogens is 317 g/mol. The third kappa shape index (κ3) is 4.18. The summed E-state index contributed by atoms with van der Waals surface area (Å²) in [6.45, 7) is 0.909. The van der Waals surface area contributed by atoms with E-state index >= 15 is 0 Å². The Morgan fingerprint density at radius 2 is 2.05 bits per heavy atom. The number of aliphatic hydroxyl groups excluding tert-OH is 1. The van der Waals surface area contributed by atoms with Crippen LogP contribution in [0.2, 0.25) is 8.67 Å². The fourth-order valence-electron chi connectivity index (χ4n) is 2.77. The van der Waals surface area contributed by atoms with Crippen molar-refractivity contribution >= 4 is 40.3 Å². The third-order valence-corrected chi connectivity index (χ3v) is 5.27. The molecule has 0 bridgehead atoms. The van der Waals surface area contributed by atoms with Gasteiger partial charge < -0.3 is 5.11 Å². The summed E-state index contributed by atoms with van der Waals surface area (Å²) in [7, 11) is 0. The Morgan fingerprint density at radius 3 is 2.60 bits per heavy atom. The minimum Gasteiger partial charge on any atom is -0.395 e. The van der Waals surface area contributed by atoms with Crippen LogP contribution in [0.25, 0.3) is 0 Å². The molecule has 1 saturated carbocycles. The fourth-order valence-corrected chi connectivity index (χ4v) is 4.26. The van der Waals surface area contributed by atoms with Crippen LogP contribution in [0.5, 0.6) is 0 Å². The standard InChI is InChI=1S/C14H19Cl2NO2S/c15-13-8-11(14(16)20-13)12(19)9-17(6-7-18)10-4-2-1-3-5-10/h8,10,18H,1-7,9H2. The van der Waals surface area contributed by atoms with Gasteiger partial charge in [-0.15, -0.1) is 11.3 Å². The van der Waals surface area contributed by atoms with Gasteiger partial charge in [0.05, 0.1) is 23.1 Å². The van der Waals surface area contributed by atoms with Gasteiger partial charge in [-0.05, 0) is 18.9 Å². The lowest BCUT2D eigenvalue weighted by Crippen LogP contribution is -2.41.